The first-order chi connectivity index (χ1) is 9.31. The molecule has 1 aromatic carbocycles. The summed E-state index contributed by atoms with van der Waals surface area (Å²) in [5, 5.41) is 8.71. The van der Waals surface area contributed by atoms with E-state index in [-0.39, 0.29) is 0 Å². The number of hydrogen-bond donors (Lipinski definition) is 1. The average molecular weight is 253 g/mol. The molecule has 19 heavy (non-hydrogen) atoms. The van der Waals surface area contributed by atoms with Crippen LogP contribution in [0.3, 0.4) is 0 Å². The summed E-state index contributed by atoms with van der Waals surface area (Å²) in [6, 6.07) is 13.2. The third kappa shape index (κ3) is 3.80. The van der Waals surface area contributed by atoms with E-state index in [0.717, 1.165) is 23.4 Å². The quantitative estimate of drug-likeness (QED) is 0.885. The Kier molecular flexibility index (Phi) is 4.49. The summed E-state index contributed by atoms with van der Waals surface area (Å²) in [5.41, 5.74) is 8.10. The predicted octanol–water partition coefficient (Wildman–Crippen LogP) is 2.03. The van der Waals surface area contributed by atoms with Crippen LogP contribution in [0.15, 0.2) is 42.6 Å². The maximum absolute atomic E-state index is 8.71. The predicted molar refractivity (Wildman–Crippen MR) is 72.5 cm³/mol. The van der Waals surface area contributed by atoms with E-state index in [2.05, 4.69) is 11.1 Å². The zero-order valence-electron chi connectivity index (χ0n) is 10.5. The highest BCUT2D eigenvalue weighted by Crippen LogP contribution is 2.12. The van der Waals surface area contributed by atoms with Gasteiger partial charge in [0.05, 0.1) is 17.8 Å². The van der Waals surface area contributed by atoms with E-state index in [1.165, 1.54) is 0 Å². The van der Waals surface area contributed by atoms with Gasteiger partial charge in [-0.3, -0.25) is 4.98 Å². The summed E-state index contributed by atoms with van der Waals surface area (Å²) in [4.78, 5) is 4.26. The van der Waals surface area contributed by atoms with Crippen LogP contribution in [0, 0.1) is 11.3 Å². The van der Waals surface area contributed by atoms with Gasteiger partial charge in [0.2, 0.25) is 0 Å². The van der Waals surface area contributed by atoms with E-state index in [9.17, 15) is 0 Å². The van der Waals surface area contributed by atoms with Gasteiger partial charge >= 0.3 is 0 Å². The van der Waals surface area contributed by atoms with E-state index in [1.54, 1.807) is 18.3 Å². The van der Waals surface area contributed by atoms with Crippen LogP contribution in [0.2, 0.25) is 0 Å². The van der Waals surface area contributed by atoms with Crippen LogP contribution in [-0.4, -0.2) is 11.5 Å². The van der Waals surface area contributed by atoms with Gasteiger partial charge in [-0.25, -0.2) is 0 Å². The smallest absolute Gasteiger partial charge is 0.138 e. The monoisotopic (exact) mass is 253 g/mol. The van der Waals surface area contributed by atoms with Crippen LogP contribution in [0.4, 0.5) is 0 Å². The van der Waals surface area contributed by atoms with E-state index >= 15 is 0 Å². The lowest BCUT2D eigenvalue weighted by Crippen LogP contribution is -2.04. The first kappa shape index (κ1) is 13.1. The fraction of sp³-hybridized carbons (Fsp3) is 0.200. The van der Waals surface area contributed by atoms with Crippen molar-refractivity contribution < 1.29 is 4.74 Å². The zero-order chi connectivity index (χ0) is 13.5. The molecular weight excluding hydrogens is 238 g/mol. The summed E-state index contributed by atoms with van der Waals surface area (Å²) in [6.45, 7) is 1.06. The molecule has 0 aliphatic carbocycles. The number of rotatable bonds is 5. The van der Waals surface area contributed by atoms with Crippen molar-refractivity contribution in [1.82, 2.24) is 4.98 Å². The highest BCUT2D eigenvalue weighted by atomic mass is 16.5. The van der Waals surface area contributed by atoms with Gasteiger partial charge in [0.25, 0.3) is 0 Å². The van der Waals surface area contributed by atoms with E-state index < -0.39 is 0 Å². The Morgan fingerprint density at radius 1 is 1.16 bits per heavy atom. The molecule has 1 aromatic heterocycles. The number of nitriles is 1. The molecule has 2 rings (SSSR count). The fourth-order valence-electron chi connectivity index (χ4n) is 1.63. The van der Waals surface area contributed by atoms with Gasteiger partial charge in [0.1, 0.15) is 12.4 Å². The van der Waals surface area contributed by atoms with Crippen molar-refractivity contribution in [2.75, 3.05) is 6.54 Å². The second kappa shape index (κ2) is 6.53. The molecule has 4 heteroatoms. The van der Waals surface area contributed by atoms with Crippen molar-refractivity contribution in [2.45, 2.75) is 13.0 Å². The van der Waals surface area contributed by atoms with Crippen molar-refractivity contribution in [3.8, 4) is 11.8 Å². The molecule has 0 aliphatic heterocycles. The second-order valence-electron chi connectivity index (χ2n) is 4.12. The van der Waals surface area contributed by atoms with Crippen molar-refractivity contribution in [3.63, 3.8) is 0 Å². The Morgan fingerprint density at radius 2 is 1.95 bits per heavy atom. The Bertz CT molecular complexity index is 555. The molecule has 0 bridgehead atoms. The fourth-order valence-corrected chi connectivity index (χ4v) is 1.63. The molecule has 2 N–H and O–H groups in total. The summed E-state index contributed by atoms with van der Waals surface area (Å²) in [7, 11) is 0. The van der Waals surface area contributed by atoms with Crippen molar-refractivity contribution in [1.29, 1.82) is 5.26 Å². The van der Waals surface area contributed by atoms with Gasteiger partial charge in [0, 0.05) is 12.1 Å². The van der Waals surface area contributed by atoms with Gasteiger partial charge in [-0.1, -0.05) is 12.1 Å². The van der Waals surface area contributed by atoms with Gasteiger partial charge in [-0.15, -0.1) is 0 Å². The van der Waals surface area contributed by atoms with Crippen molar-refractivity contribution >= 4 is 0 Å². The zero-order valence-corrected chi connectivity index (χ0v) is 10.5. The molecule has 2 aromatic rings. The minimum absolute atomic E-state index is 0.462. The number of aromatic nitrogens is 1. The molecule has 96 valence electrons. The van der Waals surface area contributed by atoms with Crippen LogP contribution in [0.25, 0.3) is 0 Å². The van der Waals surface area contributed by atoms with Crippen molar-refractivity contribution in [3.05, 3.63) is 59.4 Å². The molecule has 0 amide bonds. The largest absolute Gasteiger partial charge is 0.487 e. The van der Waals surface area contributed by atoms with Gasteiger partial charge in [0.15, 0.2) is 0 Å². The lowest BCUT2D eigenvalue weighted by atomic mass is 10.2. The van der Waals surface area contributed by atoms with Gasteiger partial charge < -0.3 is 10.5 Å². The number of benzene rings is 1. The molecular formula is C15H15N3O. The third-order valence-electron chi connectivity index (χ3n) is 2.69. The summed E-state index contributed by atoms with van der Waals surface area (Å²) in [6.07, 6.45) is 2.48. The molecule has 0 aliphatic rings. The first-order valence-electron chi connectivity index (χ1n) is 6.08. The Morgan fingerprint density at radius 3 is 2.53 bits per heavy atom. The maximum atomic E-state index is 8.71. The van der Waals surface area contributed by atoms with Crippen LogP contribution >= 0.6 is 0 Å². The highest BCUT2D eigenvalue weighted by molar-refractivity contribution is 5.31. The Balaban J connectivity index is 1.92. The van der Waals surface area contributed by atoms with Crippen LogP contribution in [0.1, 0.15) is 16.8 Å². The lowest BCUT2D eigenvalue weighted by molar-refractivity contribution is 0.305. The van der Waals surface area contributed by atoms with Crippen LogP contribution in [-0.2, 0) is 13.0 Å². The minimum atomic E-state index is 0.462. The van der Waals surface area contributed by atoms with Gasteiger partial charge in [-0.2, -0.15) is 5.26 Å². The average Bonchev–Trinajstić information content (AvgIpc) is 2.47. The summed E-state index contributed by atoms with van der Waals surface area (Å²) < 4.78 is 5.62. The number of pyridine rings is 1. The number of nitrogens with zero attached hydrogens (tertiary/aromatic N) is 2. The van der Waals surface area contributed by atoms with E-state index in [0.29, 0.717) is 18.7 Å². The minimum Gasteiger partial charge on any atom is -0.487 e. The third-order valence-corrected chi connectivity index (χ3v) is 2.69. The topological polar surface area (TPSA) is 71.9 Å². The Labute approximate surface area is 112 Å². The molecule has 4 nitrogen and oxygen atoms in total. The van der Waals surface area contributed by atoms with Crippen LogP contribution < -0.4 is 10.5 Å². The molecule has 0 spiro atoms. The summed E-state index contributed by atoms with van der Waals surface area (Å²) in [5.74, 6) is 0.727. The van der Waals surface area contributed by atoms with E-state index in [4.69, 9.17) is 15.7 Å². The maximum Gasteiger partial charge on any atom is 0.138 e. The number of nitrogens with two attached hydrogens (primary N) is 1. The summed E-state index contributed by atoms with van der Waals surface area (Å²) >= 11 is 0. The molecule has 1 heterocycles. The number of ether oxygens (including phenoxy) is 1. The molecule has 0 radical (unpaired) electrons. The molecule has 0 atom stereocenters. The number of hydrogen-bond acceptors (Lipinski definition) is 4. The highest BCUT2D eigenvalue weighted by Gasteiger charge is 1.98. The van der Waals surface area contributed by atoms with Crippen molar-refractivity contribution in [2.24, 2.45) is 5.73 Å². The molecule has 0 saturated heterocycles. The first-order valence-corrected chi connectivity index (χ1v) is 6.08. The van der Waals surface area contributed by atoms with E-state index in [1.807, 2.05) is 24.3 Å². The normalized spacial score (nSPS) is 9.89. The standard InChI is InChI=1S/C15H15N3O/c16-8-7-14-5-6-15(10-18-14)19-11-13-3-1-12(9-17)2-4-13/h1-6,10H,7-8,11,16H2. The molecule has 0 fully saturated rings. The second-order valence-corrected chi connectivity index (χ2v) is 4.12. The molecule has 0 unspecified atom stereocenters. The van der Waals surface area contributed by atoms with Gasteiger partial charge in [-0.05, 0) is 36.4 Å². The lowest BCUT2D eigenvalue weighted by Gasteiger charge is -2.06. The molecule has 0 saturated carbocycles. The Hall–Kier alpha value is -2.38. The SMILES string of the molecule is N#Cc1ccc(COc2ccc(CCN)nc2)cc1. The van der Waals surface area contributed by atoms with Crippen LogP contribution in [0.5, 0.6) is 5.75 Å².